The molecule has 112 valence electrons. The number of nitrogens with one attached hydrogen (secondary N) is 1. The van der Waals surface area contributed by atoms with E-state index in [1.165, 1.54) is 21.3 Å². The van der Waals surface area contributed by atoms with Gasteiger partial charge in [0.15, 0.2) is 22.5 Å². The summed E-state index contributed by atoms with van der Waals surface area (Å²) in [5.74, 6) is 0.268. The number of halogens is 2. The van der Waals surface area contributed by atoms with E-state index in [0.717, 1.165) is 0 Å². The van der Waals surface area contributed by atoms with Gasteiger partial charge < -0.3 is 19.5 Å². The number of hydrogen-bond acceptors (Lipinski definition) is 6. The van der Waals surface area contributed by atoms with Gasteiger partial charge >= 0.3 is 0 Å². The highest BCUT2D eigenvalue weighted by molar-refractivity contribution is 6.29. The van der Waals surface area contributed by atoms with Crippen LogP contribution in [-0.2, 0) is 0 Å². The van der Waals surface area contributed by atoms with Gasteiger partial charge in [0, 0.05) is 17.8 Å². The number of benzene rings is 1. The lowest BCUT2D eigenvalue weighted by atomic mass is 10.2. The van der Waals surface area contributed by atoms with E-state index in [4.69, 9.17) is 27.2 Å². The first-order chi connectivity index (χ1) is 10.5. The van der Waals surface area contributed by atoms with Gasteiger partial charge in [0.2, 0.25) is 11.7 Å². The van der Waals surface area contributed by atoms with Gasteiger partial charge in [-0.3, -0.25) is 0 Å². The number of rotatable bonds is 5. The molecule has 0 spiro atoms. The molecule has 0 fully saturated rings. The van der Waals surface area contributed by atoms with Crippen molar-refractivity contribution in [2.45, 2.75) is 0 Å². The Bertz CT molecular complexity index is 654. The molecule has 0 bridgehead atoms. The molecular weight excluding hydrogens is 301 g/mol. The van der Waals surface area contributed by atoms with Gasteiger partial charge in [-0.2, -0.15) is 4.98 Å². The first-order valence-electron chi connectivity index (χ1n) is 6.26. The van der Waals surface area contributed by atoms with Crippen LogP contribution in [0.5, 0.6) is 17.2 Å². The van der Waals surface area contributed by atoms with E-state index in [2.05, 4.69) is 15.3 Å². The van der Waals surface area contributed by atoms with Crippen LogP contribution in [-0.4, -0.2) is 31.3 Å². The average Bonchev–Trinajstić information content (AvgIpc) is 2.51. The van der Waals surface area contributed by atoms with Crippen molar-refractivity contribution < 1.29 is 20.0 Å². The Morgan fingerprint density at radius 1 is 1.19 bits per heavy atom. The zero-order valence-corrected chi connectivity index (χ0v) is 12.3. The number of hydrogen-bond donors (Lipinski definition) is 1. The second kappa shape index (κ2) is 6.45. The molecule has 0 radical (unpaired) electrons. The van der Waals surface area contributed by atoms with Crippen LogP contribution in [0.3, 0.4) is 0 Å². The monoisotopic (exact) mass is 314 g/mol. The second-order valence-corrected chi connectivity index (χ2v) is 4.16. The summed E-state index contributed by atoms with van der Waals surface area (Å²) in [5.41, 5.74) is 0.497. The Morgan fingerprint density at radius 2 is 1.81 bits per heavy atom. The number of ether oxygens (including phenoxy) is 3. The Balaban J connectivity index is 2.41. The van der Waals surface area contributed by atoms with Crippen molar-refractivity contribution in [3.8, 4) is 17.2 Å². The zero-order valence-electron chi connectivity index (χ0n) is 12.5. The summed E-state index contributed by atoms with van der Waals surface area (Å²) in [4.78, 5) is 7.37. The summed E-state index contributed by atoms with van der Waals surface area (Å²) in [6.07, 6.45) is -0.602. The number of methoxy groups -OCH3 is 3. The van der Waals surface area contributed by atoms with Crippen LogP contribution in [0.15, 0.2) is 18.3 Å². The van der Waals surface area contributed by atoms with Crippen LogP contribution in [0.25, 0.3) is 0 Å². The van der Waals surface area contributed by atoms with Gasteiger partial charge in [0.25, 0.3) is 0 Å². The van der Waals surface area contributed by atoms with Gasteiger partial charge in [0.05, 0.1) is 28.9 Å². The molecule has 1 heterocycles. The fourth-order valence-electron chi connectivity index (χ4n) is 1.65. The van der Waals surface area contributed by atoms with Crippen molar-refractivity contribution in [2.75, 3.05) is 26.6 Å². The molecule has 0 amide bonds. The summed E-state index contributed by atoms with van der Waals surface area (Å²) in [6.45, 7) is 0. The third-order valence-corrected chi connectivity index (χ3v) is 2.82. The molecule has 2 rings (SSSR count). The second-order valence-electron chi connectivity index (χ2n) is 3.80. The molecule has 0 saturated carbocycles. The lowest BCUT2D eigenvalue weighted by molar-refractivity contribution is 0.324. The van der Waals surface area contributed by atoms with Crippen molar-refractivity contribution in [3.05, 3.63) is 29.3 Å². The largest absolute Gasteiger partial charge is 0.493 e. The summed E-state index contributed by atoms with van der Waals surface area (Å²) in [6, 6.07) is 3.23. The third kappa shape index (κ3) is 3.25. The van der Waals surface area contributed by atoms with Crippen LogP contribution in [0.1, 0.15) is 1.37 Å². The minimum Gasteiger partial charge on any atom is -0.493 e. The van der Waals surface area contributed by atoms with E-state index in [-0.39, 0.29) is 5.95 Å². The standard InChI is InChI=1S/C13H13ClFN3O3/c1-19-9-4-7(5-10(20-2)11(9)21-3)17-13-16-6-8(15)12(14)18-13/h4-6H,1-3H3,(H,16,17,18)/i6D. The Hall–Kier alpha value is -2.28. The normalized spacial score (nSPS) is 10.8. The minimum atomic E-state index is -0.975. The molecule has 1 aromatic heterocycles. The molecule has 0 aliphatic rings. The Labute approximate surface area is 127 Å². The maximum absolute atomic E-state index is 13.3. The van der Waals surface area contributed by atoms with Gasteiger partial charge in [-0.05, 0) is 0 Å². The Kier molecular flexibility index (Phi) is 4.20. The maximum Gasteiger partial charge on any atom is 0.228 e. The predicted octanol–water partition coefficient (Wildman–Crippen LogP) is 3.04. The molecule has 0 unspecified atom stereocenters. The molecule has 21 heavy (non-hydrogen) atoms. The molecule has 0 atom stereocenters. The lowest BCUT2D eigenvalue weighted by Gasteiger charge is -2.14. The van der Waals surface area contributed by atoms with E-state index >= 15 is 0 Å². The predicted molar refractivity (Wildman–Crippen MR) is 76.4 cm³/mol. The highest BCUT2D eigenvalue weighted by atomic mass is 35.5. The summed E-state index contributed by atoms with van der Waals surface area (Å²) in [7, 11) is 4.45. The van der Waals surface area contributed by atoms with Crippen LogP contribution >= 0.6 is 11.6 Å². The molecule has 6 nitrogen and oxygen atoms in total. The molecule has 1 aromatic carbocycles. The molecule has 0 aliphatic carbocycles. The zero-order chi connectivity index (χ0) is 16.3. The molecule has 0 saturated heterocycles. The molecule has 8 heteroatoms. The van der Waals surface area contributed by atoms with Gasteiger partial charge in [-0.25, -0.2) is 9.37 Å². The molecule has 2 aromatic rings. The first-order valence-corrected chi connectivity index (χ1v) is 6.14. The molecule has 1 N–H and O–H groups in total. The summed E-state index contributed by atoms with van der Waals surface area (Å²) < 4.78 is 36.3. The van der Waals surface area contributed by atoms with E-state index in [1.807, 2.05) is 0 Å². The van der Waals surface area contributed by atoms with Crippen LogP contribution in [0, 0.1) is 5.82 Å². The first kappa shape index (κ1) is 13.7. The quantitative estimate of drug-likeness (QED) is 0.856. The fourth-order valence-corrected chi connectivity index (χ4v) is 1.78. The third-order valence-electron chi connectivity index (χ3n) is 2.57. The van der Waals surface area contributed by atoms with Crippen molar-refractivity contribution in [3.63, 3.8) is 0 Å². The van der Waals surface area contributed by atoms with Gasteiger partial charge in [-0.1, -0.05) is 11.6 Å². The molecule has 0 aliphatic heterocycles. The van der Waals surface area contributed by atoms with Crippen molar-refractivity contribution >= 4 is 23.2 Å². The van der Waals surface area contributed by atoms with E-state index in [0.29, 0.717) is 22.9 Å². The minimum absolute atomic E-state index is 0.0225. The van der Waals surface area contributed by atoms with E-state index < -0.39 is 17.1 Å². The van der Waals surface area contributed by atoms with Crippen LogP contribution in [0.2, 0.25) is 5.15 Å². The van der Waals surface area contributed by atoms with Crippen LogP contribution < -0.4 is 19.5 Å². The van der Waals surface area contributed by atoms with Crippen molar-refractivity contribution in [2.24, 2.45) is 0 Å². The Morgan fingerprint density at radius 3 is 2.29 bits per heavy atom. The van der Waals surface area contributed by atoms with E-state index in [1.54, 1.807) is 12.1 Å². The number of aromatic nitrogens is 2. The van der Waals surface area contributed by atoms with Gasteiger partial charge in [0.1, 0.15) is 0 Å². The summed E-state index contributed by atoms with van der Waals surface area (Å²) >= 11 is 5.59. The SMILES string of the molecule is [2H]c1nc(Nc2cc(OC)c(OC)c(OC)c2)nc(Cl)c1F. The summed E-state index contributed by atoms with van der Waals surface area (Å²) in [5, 5.41) is 2.37. The molecular formula is C13H13ClFN3O3. The van der Waals surface area contributed by atoms with Crippen molar-refractivity contribution in [1.82, 2.24) is 9.97 Å². The lowest BCUT2D eigenvalue weighted by Crippen LogP contribution is -2.01. The maximum atomic E-state index is 13.3. The van der Waals surface area contributed by atoms with E-state index in [9.17, 15) is 4.39 Å². The van der Waals surface area contributed by atoms with Crippen LogP contribution in [0.4, 0.5) is 16.0 Å². The van der Waals surface area contributed by atoms with Gasteiger partial charge in [-0.15, -0.1) is 0 Å². The number of nitrogens with zero attached hydrogens (tertiary/aromatic N) is 2. The average molecular weight is 315 g/mol. The fraction of sp³-hybridized carbons (Fsp3) is 0.231. The number of anilines is 2. The smallest absolute Gasteiger partial charge is 0.228 e. The highest BCUT2D eigenvalue weighted by Gasteiger charge is 2.14. The highest BCUT2D eigenvalue weighted by Crippen LogP contribution is 2.40. The van der Waals surface area contributed by atoms with Crippen molar-refractivity contribution in [1.29, 1.82) is 0 Å². The topological polar surface area (TPSA) is 65.5 Å².